The van der Waals surface area contributed by atoms with Crippen LogP contribution in [-0.2, 0) is 4.79 Å². The predicted molar refractivity (Wildman–Crippen MR) is 143 cm³/mol. The number of alkyl halides is 1. The van der Waals surface area contributed by atoms with Crippen LogP contribution in [0.5, 0.6) is 5.75 Å². The van der Waals surface area contributed by atoms with Gasteiger partial charge in [-0.15, -0.1) is 11.8 Å². The van der Waals surface area contributed by atoms with Gasteiger partial charge in [-0.2, -0.15) is 0 Å². The van der Waals surface area contributed by atoms with Crippen LogP contribution in [0.15, 0.2) is 59.6 Å². The highest BCUT2D eigenvalue weighted by Crippen LogP contribution is 2.36. The number of piperidine rings is 1. The van der Waals surface area contributed by atoms with E-state index >= 15 is 4.39 Å². The topological polar surface area (TPSA) is 62.7 Å². The summed E-state index contributed by atoms with van der Waals surface area (Å²) in [5, 5.41) is 10.3. The minimum absolute atomic E-state index is 0.00333. The van der Waals surface area contributed by atoms with Crippen molar-refractivity contribution in [3.8, 4) is 5.75 Å². The van der Waals surface area contributed by atoms with Crippen LogP contribution in [0.1, 0.15) is 43.8 Å². The van der Waals surface area contributed by atoms with Crippen molar-refractivity contribution in [1.82, 2.24) is 9.88 Å². The van der Waals surface area contributed by atoms with Crippen LogP contribution < -0.4 is 4.74 Å². The number of nitrogens with zero attached hydrogens (tertiary/aromatic N) is 2. The van der Waals surface area contributed by atoms with E-state index in [1.165, 1.54) is 6.07 Å². The Morgan fingerprint density at radius 3 is 2.89 bits per heavy atom. The number of methoxy groups -OCH3 is 1. The molecule has 4 rings (SSSR count). The molecule has 0 saturated carbocycles. The summed E-state index contributed by atoms with van der Waals surface area (Å²) >= 11 is 1.63. The molecule has 8 heteroatoms. The van der Waals surface area contributed by atoms with E-state index in [4.69, 9.17) is 4.74 Å². The number of halogens is 2. The van der Waals surface area contributed by atoms with Crippen molar-refractivity contribution >= 4 is 28.6 Å². The number of ether oxygens (including phenoxy) is 1. The molecule has 0 unspecified atom stereocenters. The third-order valence-corrected chi connectivity index (χ3v) is 8.29. The van der Waals surface area contributed by atoms with E-state index in [1.54, 1.807) is 43.3 Å². The van der Waals surface area contributed by atoms with Crippen molar-refractivity contribution in [1.29, 1.82) is 0 Å². The molecule has 1 fully saturated rings. The van der Waals surface area contributed by atoms with Gasteiger partial charge in [0.15, 0.2) is 0 Å². The molecule has 37 heavy (non-hydrogen) atoms. The summed E-state index contributed by atoms with van der Waals surface area (Å²) in [6.45, 7) is 2.48. The third-order valence-electron chi connectivity index (χ3n) is 7.21. The summed E-state index contributed by atoms with van der Waals surface area (Å²) in [5.74, 6) is 0.690. The SMILES string of the molecule is COc1ccc2nccc([C@H](F)CC[C@@H]3CCN(CCCSc4cccc(F)c4)C[C@@H]3CC(=O)O)c2c1. The first-order chi connectivity index (χ1) is 17.9. The molecule has 1 N–H and O–H groups in total. The van der Waals surface area contributed by atoms with Crippen molar-refractivity contribution in [2.75, 3.05) is 32.5 Å². The fourth-order valence-electron chi connectivity index (χ4n) is 5.29. The highest BCUT2D eigenvalue weighted by molar-refractivity contribution is 7.99. The standard InChI is InChI=1S/C29H34F2N2O3S/c1-36-23-7-9-28-26(18-23)25(10-12-32-28)27(31)8-6-20-11-14-33(19-21(20)16-29(34)35)13-3-15-37-24-5-2-4-22(30)17-24/h2,4-5,7,9-10,12,17-18,20-21,27H,3,6,8,11,13-16,19H2,1H3,(H,34,35)/t20-,21+,27-/m1/s1. The van der Waals surface area contributed by atoms with Crippen LogP contribution >= 0.6 is 11.8 Å². The number of aliphatic carboxylic acids is 1. The zero-order chi connectivity index (χ0) is 26.2. The van der Waals surface area contributed by atoms with Crippen molar-refractivity contribution in [2.45, 2.75) is 43.2 Å². The number of pyridine rings is 1. The van der Waals surface area contributed by atoms with Crippen LogP contribution in [0.25, 0.3) is 10.9 Å². The van der Waals surface area contributed by atoms with Gasteiger partial charge in [0, 0.05) is 29.4 Å². The van der Waals surface area contributed by atoms with E-state index in [9.17, 15) is 14.3 Å². The van der Waals surface area contributed by atoms with Crippen molar-refractivity contribution < 1.29 is 23.4 Å². The lowest BCUT2D eigenvalue weighted by Gasteiger charge is -2.38. The number of aromatic nitrogens is 1. The molecule has 5 nitrogen and oxygen atoms in total. The Kier molecular flexibility index (Phi) is 9.75. The average molecular weight is 529 g/mol. The van der Waals surface area contributed by atoms with E-state index in [2.05, 4.69) is 9.88 Å². The first kappa shape index (κ1) is 27.3. The normalized spacial score (nSPS) is 19.1. The Balaban J connectivity index is 1.31. The second-order valence-corrected chi connectivity index (χ2v) is 10.9. The Morgan fingerprint density at radius 2 is 2.11 bits per heavy atom. The molecule has 1 saturated heterocycles. The number of carbonyl (C=O) groups is 1. The first-order valence-electron chi connectivity index (χ1n) is 12.8. The average Bonchev–Trinajstić information content (AvgIpc) is 2.89. The maximum absolute atomic E-state index is 15.5. The molecule has 2 heterocycles. The van der Waals surface area contributed by atoms with Crippen LogP contribution in [0.2, 0.25) is 0 Å². The first-order valence-corrected chi connectivity index (χ1v) is 13.8. The fraction of sp³-hybridized carbons (Fsp3) is 0.448. The van der Waals surface area contributed by atoms with Crippen LogP contribution in [-0.4, -0.2) is 53.5 Å². The van der Waals surface area contributed by atoms with Crippen molar-refractivity contribution in [3.05, 3.63) is 66.1 Å². The van der Waals surface area contributed by atoms with Gasteiger partial charge in [0.1, 0.15) is 17.7 Å². The second kappa shape index (κ2) is 13.2. The minimum Gasteiger partial charge on any atom is -0.497 e. The number of thioether (sulfide) groups is 1. The van der Waals surface area contributed by atoms with Gasteiger partial charge in [-0.1, -0.05) is 6.07 Å². The molecule has 1 aliphatic heterocycles. The van der Waals surface area contributed by atoms with Gasteiger partial charge in [0.2, 0.25) is 0 Å². The van der Waals surface area contributed by atoms with E-state index < -0.39 is 12.1 Å². The second-order valence-electron chi connectivity index (χ2n) is 9.69. The monoisotopic (exact) mass is 528 g/mol. The molecule has 3 aromatic rings. The lowest BCUT2D eigenvalue weighted by atomic mass is 9.79. The molecule has 0 bridgehead atoms. The van der Waals surface area contributed by atoms with Gasteiger partial charge in [0.25, 0.3) is 0 Å². The fourth-order valence-corrected chi connectivity index (χ4v) is 6.17. The zero-order valence-corrected chi connectivity index (χ0v) is 21.9. The van der Waals surface area contributed by atoms with Crippen molar-refractivity contribution in [3.63, 3.8) is 0 Å². The highest BCUT2D eigenvalue weighted by Gasteiger charge is 2.31. The van der Waals surface area contributed by atoms with Crippen LogP contribution in [0.4, 0.5) is 8.78 Å². The highest BCUT2D eigenvalue weighted by atomic mass is 32.2. The molecule has 0 amide bonds. The number of fused-ring (bicyclic) bond motifs is 1. The van der Waals surface area contributed by atoms with Gasteiger partial charge in [0.05, 0.1) is 12.6 Å². The molecule has 1 aromatic heterocycles. The van der Waals surface area contributed by atoms with E-state index in [0.717, 1.165) is 47.5 Å². The number of hydrogen-bond acceptors (Lipinski definition) is 5. The minimum atomic E-state index is -1.15. The molecular weight excluding hydrogens is 494 g/mol. The Bertz CT molecular complexity index is 1190. The molecule has 2 aromatic carbocycles. The molecule has 1 aliphatic rings. The smallest absolute Gasteiger partial charge is 0.303 e. The van der Waals surface area contributed by atoms with Gasteiger partial charge >= 0.3 is 5.97 Å². The van der Waals surface area contributed by atoms with E-state index in [0.29, 0.717) is 30.7 Å². The number of benzene rings is 2. The number of carboxylic acids is 1. The summed E-state index contributed by atoms with van der Waals surface area (Å²) in [6, 6.07) is 13.8. The predicted octanol–water partition coefficient (Wildman–Crippen LogP) is 6.77. The molecule has 0 radical (unpaired) electrons. The van der Waals surface area contributed by atoms with Gasteiger partial charge < -0.3 is 14.7 Å². The number of hydrogen-bond donors (Lipinski definition) is 1. The molecule has 0 spiro atoms. The summed E-state index contributed by atoms with van der Waals surface area (Å²) in [4.78, 5) is 19.2. The molecule has 198 valence electrons. The summed E-state index contributed by atoms with van der Waals surface area (Å²) in [5.41, 5.74) is 1.33. The summed E-state index contributed by atoms with van der Waals surface area (Å²) < 4.78 is 34.1. The number of likely N-dealkylation sites (tertiary alicyclic amines) is 1. The lowest BCUT2D eigenvalue weighted by molar-refractivity contribution is -0.139. The third kappa shape index (κ3) is 7.65. The van der Waals surface area contributed by atoms with E-state index in [-0.39, 0.29) is 24.1 Å². The summed E-state index contributed by atoms with van der Waals surface area (Å²) in [6.07, 6.45) is 3.39. The maximum atomic E-state index is 15.5. The largest absolute Gasteiger partial charge is 0.497 e. The quantitative estimate of drug-likeness (QED) is 0.207. The van der Waals surface area contributed by atoms with Crippen LogP contribution in [0.3, 0.4) is 0 Å². The number of rotatable bonds is 12. The molecule has 3 atom stereocenters. The van der Waals surface area contributed by atoms with Crippen molar-refractivity contribution in [2.24, 2.45) is 11.8 Å². The molecule has 0 aliphatic carbocycles. The lowest BCUT2D eigenvalue weighted by Crippen LogP contribution is -2.42. The van der Waals surface area contributed by atoms with Gasteiger partial charge in [-0.05, 0) is 104 Å². The maximum Gasteiger partial charge on any atom is 0.303 e. The van der Waals surface area contributed by atoms with Gasteiger partial charge in [-0.25, -0.2) is 8.78 Å². The Morgan fingerprint density at radius 1 is 1.24 bits per heavy atom. The van der Waals surface area contributed by atoms with Gasteiger partial charge in [-0.3, -0.25) is 9.78 Å². The molecular formula is C29H34F2N2O3S. The zero-order valence-electron chi connectivity index (χ0n) is 21.1. The van der Waals surface area contributed by atoms with Crippen LogP contribution in [0, 0.1) is 17.7 Å². The Hall–Kier alpha value is -2.71. The number of carboxylic acid groups (broad SMARTS) is 1. The summed E-state index contributed by atoms with van der Waals surface area (Å²) in [7, 11) is 1.59. The Labute approximate surface area is 221 Å². The van der Waals surface area contributed by atoms with E-state index in [1.807, 2.05) is 24.3 Å².